The van der Waals surface area contributed by atoms with Crippen LogP contribution in [0.15, 0.2) is 51.0 Å². The molecule has 0 amide bonds. The molecule has 2 aliphatic heterocycles. The van der Waals surface area contributed by atoms with Crippen LogP contribution in [0.2, 0.25) is 0 Å². The average Bonchev–Trinajstić information content (AvgIpc) is 3.27. The Morgan fingerprint density at radius 3 is 2.46 bits per heavy atom. The Kier molecular flexibility index (Phi) is 4.40. The summed E-state index contributed by atoms with van der Waals surface area (Å²) in [5, 5.41) is 20.3. The van der Waals surface area contributed by atoms with E-state index in [4.69, 9.17) is 4.42 Å². The molecule has 0 aliphatic carbocycles. The maximum atomic E-state index is 13.0. The van der Waals surface area contributed by atoms with E-state index in [1.165, 1.54) is 4.31 Å². The van der Waals surface area contributed by atoms with E-state index in [2.05, 4.69) is 0 Å². The van der Waals surface area contributed by atoms with Crippen LogP contribution in [0.5, 0.6) is 0 Å². The number of rotatable bonds is 5. The van der Waals surface area contributed by atoms with Crippen LogP contribution < -0.4 is 0 Å². The van der Waals surface area contributed by atoms with Gasteiger partial charge in [0.15, 0.2) is 0 Å². The number of nitrogens with zero attached hydrogens (tertiary/aromatic N) is 2. The fraction of sp³-hybridized carbons (Fsp3) is 0.444. The first kappa shape index (κ1) is 17.7. The minimum Gasteiger partial charge on any atom is -0.464 e. The quantitative estimate of drug-likeness (QED) is 0.758. The van der Waals surface area contributed by atoms with Gasteiger partial charge in [0.25, 0.3) is 0 Å². The van der Waals surface area contributed by atoms with Crippen LogP contribution >= 0.6 is 0 Å². The summed E-state index contributed by atoms with van der Waals surface area (Å²) in [4.78, 5) is 2.14. The highest BCUT2D eigenvalue weighted by Gasteiger charge is 2.38. The number of furan rings is 1. The molecule has 3 heterocycles. The zero-order valence-corrected chi connectivity index (χ0v) is 15.3. The van der Waals surface area contributed by atoms with Crippen molar-refractivity contribution < 1.29 is 23.0 Å². The lowest BCUT2D eigenvalue weighted by molar-refractivity contribution is -0.0143. The van der Waals surface area contributed by atoms with Crippen LogP contribution in [-0.4, -0.2) is 66.3 Å². The summed E-state index contributed by atoms with van der Waals surface area (Å²) in [6, 6.07) is 6.63. The van der Waals surface area contributed by atoms with Crippen molar-refractivity contribution in [3.8, 4) is 0 Å². The minimum absolute atomic E-state index is 0.263. The molecule has 140 valence electrons. The van der Waals surface area contributed by atoms with Crippen molar-refractivity contribution in [2.75, 3.05) is 26.2 Å². The second kappa shape index (κ2) is 6.47. The van der Waals surface area contributed by atoms with Crippen LogP contribution in [0, 0.1) is 0 Å². The molecular weight excluding hydrogens is 356 g/mol. The van der Waals surface area contributed by atoms with Crippen molar-refractivity contribution in [1.82, 2.24) is 9.21 Å². The predicted molar refractivity (Wildman–Crippen MR) is 95.9 cm³/mol. The highest BCUT2D eigenvalue weighted by Crippen LogP contribution is 2.32. The van der Waals surface area contributed by atoms with E-state index in [-0.39, 0.29) is 11.3 Å². The molecule has 0 fully saturated rings. The lowest BCUT2D eigenvalue weighted by atomic mass is 10.2. The van der Waals surface area contributed by atoms with Crippen molar-refractivity contribution in [2.24, 2.45) is 0 Å². The van der Waals surface area contributed by atoms with Crippen LogP contribution in [0.4, 0.5) is 0 Å². The number of hydrogen-bond donors (Lipinski definition) is 2. The third-order valence-corrected chi connectivity index (χ3v) is 6.85. The number of benzene rings is 1. The van der Waals surface area contributed by atoms with Crippen molar-refractivity contribution in [2.45, 2.75) is 30.6 Å². The zero-order valence-electron chi connectivity index (χ0n) is 14.5. The molecule has 1 unspecified atom stereocenters. The van der Waals surface area contributed by atoms with E-state index in [9.17, 15) is 18.6 Å². The van der Waals surface area contributed by atoms with Crippen LogP contribution in [0.1, 0.15) is 13.3 Å². The Hall–Kier alpha value is -1.71. The summed E-state index contributed by atoms with van der Waals surface area (Å²) in [5.41, 5.74) is 2.75. The number of aliphatic hydroxyl groups excluding tert-OH is 2. The highest BCUT2D eigenvalue weighted by atomic mass is 32.2. The molecular formula is C18H22N2O5S. The van der Waals surface area contributed by atoms with Gasteiger partial charge in [0.05, 0.1) is 17.3 Å². The van der Waals surface area contributed by atoms with E-state index >= 15 is 0 Å². The zero-order chi connectivity index (χ0) is 18.5. The number of sulfonamides is 1. The van der Waals surface area contributed by atoms with Gasteiger partial charge in [0.1, 0.15) is 11.8 Å². The number of aliphatic hydroxyl groups is 2. The van der Waals surface area contributed by atoms with Gasteiger partial charge in [-0.15, -0.1) is 0 Å². The Morgan fingerprint density at radius 2 is 1.81 bits per heavy atom. The molecule has 0 radical (unpaired) electrons. The Morgan fingerprint density at radius 1 is 1.12 bits per heavy atom. The molecule has 2 aromatic rings. The molecule has 2 aliphatic rings. The molecule has 7 nitrogen and oxygen atoms in total. The van der Waals surface area contributed by atoms with Crippen LogP contribution in [0.25, 0.3) is 11.0 Å². The molecule has 0 saturated heterocycles. The van der Waals surface area contributed by atoms with Gasteiger partial charge < -0.3 is 14.6 Å². The lowest BCUT2D eigenvalue weighted by Crippen LogP contribution is -2.39. The number of hydrogen-bond acceptors (Lipinski definition) is 6. The Labute approximate surface area is 152 Å². The second-order valence-corrected chi connectivity index (χ2v) is 9.01. The van der Waals surface area contributed by atoms with Gasteiger partial charge in [-0.2, -0.15) is 4.31 Å². The number of fused-ring (bicyclic) bond motifs is 1. The molecule has 0 bridgehead atoms. The third kappa shape index (κ3) is 3.08. The summed E-state index contributed by atoms with van der Waals surface area (Å²) in [6.45, 7) is 3.41. The highest BCUT2D eigenvalue weighted by molar-refractivity contribution is 7.89. The summed E-state index contributed by atoms with van der Waals surface area (Å²) in [6.07, 6.45) is 0.539. The third-order valence-electron chi connectivity index (χ3n) is 5.06. The van der Waals surface area contributed by atoms with Gasteiger partial charge in [0, 0.05) is 38.0 Å². The first-order valence-electron chi connectivity index (χ1n) is 8.62. The smallest absolute Gasteiger partial charge is 0.243 e. The van der Waals surface area contributed by atoms with E-state index in [0.29, 0.717) is 31.8 Å². The van der Waals surface area contributed by atoms with Gasteiger partial charge in [-0.05, 0) is 42.3 Å². The Balaban J connectivity index is 1.47. The molecule has 4 rings (SSSR count). The topological polar surface area (TPSA) is 94.2 Å². The van der Waals surface area contributed by atoms with Crippen molar-refractivity contribution >= 4 is 21.0 Å². The average molecular weight is 378 g/mol. The largest absolute Gasteiger partial charge is 0.464 e. The molecule has 2 N–H and O–H groups in total. The standard InChI is InChI=1S/C18H22N2O5S/c1-12(21)6-18(22)19-8-14-10-20(11-15(14)9-19)26(23,24)16-2-3-17-13(7-16)4-5-25-17/h2-5,7,12,18,21-22H,6,8-11H2,1H3/t12-,18?/m0/s1. The van der Waals surface area contributed by atoms with Crippen molar-refractivity contribution in [3.05, 3.63) is 41.7 Å². The van der Waals surface area contributed by atoms with Crippen LogP contribution in [-0.2, 0) is 10.0 Å². The van der Waals surface area contributed by atoms with Gasteiger partial charge >= 0.3 is 0 Å². The molecule has 0 saturated carbocycles. The van der Waals surface area contributed by atoms with Gasteiger partial charge in [0.2, 0.25) is 10.0 Å². The molecule has 2 atom stereocenters. The first-order chi connectivity index (χ1) is 12.3. The minimum atomic E-state index is -3.58. The van der Waals surface area contributed by atoms with Gasteiger partial charge in [-0.25, -0.2) is 8.42 Å². The summed E-state index contributed by atoms with van der Waals surface area (Å²) in [5.74, 6) is 0. The maximum absolute atomic E-state index is 13.0. The van der Waals surface area contributed by atoms with E-state index < -0.39 is 22.4 Å². The molecule has 26 heavy (non-hydrogen) atoms. The fourth-order valence-electron chi connectivity index (χ4n) is 3.66. The van der Waals surface area contributed by atoms with E-state index in [0.717, 1.165) is 16.5 Å². The monoisotopic (exact) mass is 378 g/mol. The normalized spacial score (nSPS) is 21.5. The predicted octanol–water partition coefficient (Wildman–Crippen LogP) is 1.14. The SMILES string of the molecule is C[C@H](O)CC(O)N1CC2=C(C1)CN(S(=O)(=O)c1ccc3occc3c1)C2. The molecule has 0 spiro atoms. The van der Waals surface area contributed by atoms with E-state index in [1.807, 2.05) is 4.90 Å². The fourth-order valence-corrected chi connectivity index (χ4v) is 5.13. The van der Waals surface area contributed by atoms with Crippen molar-refractivity contribution in [1.29, 1.82) is 0 Å². The lowest BCUT2D eigenvalue weighted by Gasteiger charge is -2.27. The second-order valence-electron chi connectivity index (χ2n) is 7.07. The van der Waals surface area contributed by atoms with E-state index in [1.54, 1.807) is 37.5 Å². The Bertz CT molecular complexity index is 945. The summed E-state index contributed by atoms with van der Waals surface area (Å²) >= 11 is 0. The van der Waals surface area contributed by atoms with Gasteiger partial charge in [-0.1, -0.05) is 0 Å². The molecule has 8 heteroatoms. The summed E-state index contributed by atoms with van der Waals surface area (Å²) < 4.78 is 32.7. The first-order valence-corrected chi connectivity index (χ1v) is 10.1. The van der Waals surface area contributed by atoms with Crippen molar-refractivity contribution in [3.63, 3.8) is 0 Å². The molecule has 1 aromatic heterocycles. The van der Waals surface area contributed by atoms with Crippen LogP contribution in [0.3, 0.4) is 0 Å². The van der Waals surface area contributed by atoms with Gasteiger partial charge in [-0.3, -0.25) is 4.90 Å². The summed E-state index contributed by atoms with van der Waals surface area (Å²) in [7, 11) is -3.58. The maximum Gasteiger partial charge on any atom is 0.243 e. The molecule has 1 aromatic carbocycles.